The molecule has 7 heteroatoms. The molecule has 1 heterocycles. The van der Waals surface area contributed by atoms with Crippen LogP contribution >= 0.6 is 23.8 Å². The molecule has 0 aliphatic carbocycles. The Hall–Kier alpha value is -1.86. The lowest BCUT2D eigenvalue weighted by Crippen LogP contribution is -2.15. The monoisotopic (exact) mass is 306 g/mol. The molecular weight excluding hydrogens is 292 g/mol. The van der Waals surface area contributed by atoms with Crippen molar-refractivity contribution in [3.63, 3.8) is 0 Å². The summed E-state index contributed by atoms with van der Waals surface area (Å²) in [6, 6.07) is 5.48. The summed E-state index contributed by atoms with van der Waals surface area (Å²) in [6.45, 7) is 3.84. The van der Waals surface area contributed by atoms with E-state index in [0.717, 1.165) is 22.7 Å². The number of hydrogen-bond donors (Lipinski definition) is 2. The summed E-state index contributed by atoms with van der Waals surface area (Å²) < 4.78 is 3.81. The van der Waals surface area contributed by atoms with E-state index in [0.29, 0.717) is 27.7 Å². The van der Waals surface area contributed by atoms with Gasteiger partial charge >= 0.3 is 0 Å². The van der Waals surface area contributed by atoms with Gasteiger partial charge in [-0.25, -0.2) is 0 Å². The fourth-order valence-electron chi connectivity index (χ4n) is 1.70. The maximum Gasteiger partial charge on any atom is 0.269 e. The lowest BCUT2D eigenvalue weighted by molar-refractivity contribution is 0.102. The number of aryl methyl sites for hydroxylation is 2. The fourth-order valence-corrected chi connectivity index (χ4v) is 2.47. The van der Waals surface area contributed by atoms with Crippen LogP contribution in [0.5, 0.6) is 0 Å². The summed E-state index contributed by atoms with van der Waals surface area (Å²) in [7, 11) is 0. The highest BCUT2D eigenvalue weighted by Crippen LogP contribution is 2.20. The smallest absolute Gasteiger partial charge is 0.269 e. The number of nitrogens with one attached hydrogen (secondary N) is 1. The second-order valence-electron chi connectivity index (χ2n) is 4.25. The molecule has 5 nitrogen and oxygen atoms in total. The van der Waals surface area contributed by atoms with Crippen molar-refractivity contribution >= 4 is 40.3 Å². The minimum absolute atomic E-state index is 0.208. The first kappa shape index (κ1) is 14.5. The molecule has 3 N–H and O–H groups in total. The standard InChI is InChI=1S/C13H14N4OS2/c1-3-9-11(20-17-16-9)13(18)15-10-6-8(12(14)19)5-4-7(10)2/h4-6H,3H2,1-2H3,(H2,14,19)(H,15,18). The molecule has 1 aromatic heterocycles. The zero-order valence-corrected chi connectivity index (χ0v) is 12.8. The van der Waals surface area contributed by atoms with Crippen LogP contribution in [0.25, 0.3) is 0 Å². The minimum atomic E-state index is -0.208. The van der Waals surface area contributed by atoms with Crippen molar-refractivity contribution in [1.29, 1.82) is 0 Å². The van der Waals surface area contributed by atoms with E-state index in [1.54, 1.807) is 6.07 Å². The number of carbonyl (C=O) groups excluding carboxylic acids is 1. The van der Waals surface area contributed by atoms with Crippen LogP contribution in [0.15, 0.2) is 18.2 Å². The average molecular weight is 306 g/mol. The Labute approximate surface area is 126 Å². The van der Waals surface area contributed by atoms with Crippen LogP contribution in [-0.4, -0.2) is 20.5 Å². The van der Waals surface area contributed by atoms with Crippen molar-refractivity contribution in [2.75, 3.05) is 5.32 Å². The lowest BCUT2D eigenvalue weighted by Gasteiger charge is -2.09. The Morgan fingerprint density at radius 1 is 1.50 bits per heavy atom. The van der Waals surface area contributed by atoms with E-state index < -0.39 is 0 Å². The van der Waals surface area contributed by atoms with E-state index in [-0.39, 0.29) is 5.91 Å². The van der Waals surface area contributed by atoms with Crippen LogP contribution in [-0.2, 0) is 6.42 Å². The van der Waals surface area contributed by atoms with Crippen LogP contribution in [0.3, 0.4) is 0 Å². The third-order valence-electron chi connectivity index (χ3n) is 2.87. The number of nitrogens with zero attached hydrogens (tertiary/aromatic N) is 2. The van der Waals surface area contributed by atoms with Gasteiger partial charge in [0.15, 0.2) is 0 Å². The van der Waals surface area contributed by atoms with Crippen molar-refractivity contribution in [2.45, 2.75) is 20.3 Å². The average Bonchev–Trinajstić information content (AvgIpc) is 2.89. The fraction of sp³-hybridized carbons (Fsp3) is 0.231. The number of carbonyl (C=O) groups is 1. The van der Waals surface area contributed by atoms with Crippen LogP contribution < -0.4 is 11.1 Å². The van der Waals surface area contributed by atoms with Crippen molar-refractivity contribution in [1.82, 2.24) is 9.59 Å². The first-order valence-electron chi connectivity index (χ1n) is 6.06. The first-order valence-corrected chi connectivity index (χ1v) is 7.24. The van der Waals surface area contributed by atoms with E-state index in [1.165, 1.54) is 0 Å². The van der Waals surface area contributed by atoms with Crippen LogP contribution in [0, 0.1) is 6.92 Å². The topological polar surface area (TPSA) is 80.9 Å². The van der Waals surface area contributed by atoms with E-state index in [2.05, 4.69) is 14.9 Å². The molecule has 0 spiro atoms. The molecule has 0 unspecified atom stereocenters. The van der Waals surface area contributed by atoms with Crippen molar-refractivity contribution in [2.24, 2.45) is 5.73 Å². The predicted octanol–water partition coefficient (Wildman–Crippen LogP) is 2.30. The summed E-state index contributed by atoms with van der Waals surface area (Å²) in [5, 5.41) is 6.79. The highest BCUT2D eigenvalue weighted by molar-refractivity contribution is 7.80. The summed E-state index contributed by atoms with van der Waals surface area (Å²) in [6.07, 6.45) is 0.672. The molecule has 0 aliphatic heterocycles. The lowest BCUT2D eigenvalue weighted by atomic mass is 10.1. The molecule has 2 rings (SSSR count). The predicted molar refractivity (Wildman–Crippen MR) is 84.3 cm³/mol. The molecule has 0 bridgehead atoms. The highest BCUT2D eigenvalue weighted by atomic mass is 32.1. The second-order valence-corrected chi connectivity index (χ2v) is 5.44. The molecular formula is C13H14N4OS2. The van der Waals surface area contributed by atoms with E-state index in [9.17, 15) is 4.79 Å². The number of nitrogens with two attached hydrogens (primary N) is 1. The van der Waals surface area contributed by atoms with Gasteiger partial charge in [0.25, 0.3) is 5.91 Å². The van der Waals surface area contributed by atoms with Crippen molar-refractivity contribution in [3.05, 3.63) is 39.9 Å². The zero-order chi connectivity index (χ0) is 14.7. The zero-order valence-electron chi connectivity index (χ0n) is 11.1. The van der Waals surface area contributed by atoms with Crippen LogP contribution in [0.2, 0.25) is 0 Å². The maximum atomic E-state index is 12.2. The SMILES string of the molecule is CCc1nnsc1C(=O)Nc1cc(C(N)=S)ccc1C. The van der Waals surface area contributed by atoms with E-state index >= 15 is 0 Å². The number of amides is 1. The number of rotatable bonds is 4. The molecule has 20 heavy (non-hydrogen) atoms. The highest BCUT2D eigenvalue weighted by Gasteiger charge is 2.16. The van der Waals surface area contributed by atoms with Gasteiger partial charge in [0.05, 0.1) is 5.69 Å². The summed E-state index contributed by atoms with van der Waals surface area (Å²) in [4.78, 5) is 13.1. The Morgan fingerprint density at radius 3 is 2.90 bits per heavy atom. The second kappa shape index (κ2) is 6.06. The molecule has 1 aromatic carbocycles. The van der Waals surface area contributed by atoms with Crippen molar-refractivity contribution < 1.29 is 4.79 Å². The minimum Gasteiger partial charge on any atom is -0.389 e. The third kappa shape index (κ3) is 3.00. The van der Waals surface area contributed by atoms with Gasteiger partial charge in [-0.1, -0.05) is 35.8 Å². The first-order chi connectivity index (χ1) is 9.52. The molecule has 0 radical (unpaired) electrons. The largest absolute Gasteiger partial charge is 0.389 e. The summed E-state index contributed by atoms with van der Waals surface area (Å²) in [5.41, 5.74) is 8.66. The van der Waals surface area contributed by atoms with Gasteiger partial charge in [-0.05, 0) is 36.5 Å². The Balaban J connectivity index is 2.28. The number of benzene rings is 1. The van der Waals surface area contributed by atoms with Gasteiger partial charge in [0, 0.05) is 11.3 Å². The van der Waals surface area contributed by atoms with Gasteiger partial charge in [-0.15, -0.1) is 5.10 Å². The molecule has 104 valence electrons. The van der Waals surface area contributed by atoms with Gasteiger partial charge in [0.2, 0.25) is 0 Å². The maximum absolute atomic E-state index is 12.2. The Kier molecular flexibility index (Phi) is 4.41. The normalized spacial score (nSPS) is 10.3. The molecule has 0 aliphatic rings. The third-order valence-corrected chi connectivity index (χ3v) is 3.87. The Bertz CT molecular complexity index is 666. The molecule has 0 saturated heterocycles. The van der Waals surface area contributed by atoms with E-state index in [4.69, 9.17) is 18.0 Å². The number of hydrogen-bond acceptors (Lipinski definition) is 5. The van der Waals surface area contributed by atoms with E-state index in [1.807, 2.05) is 26.0 Å². The van der Waals surface area contributed by atoms with Gasteiger partial charge in [0.1, 0.15) is 9.87 Å². The molecule has 1 amide bonds. The van der Waals surface area contributed by atoms with Gasteiger partial charge in [-0.3, -0.25) is 4.79 Å². The quantitative estimate of drug-likeness (QED) is 0.847. The Morgan fingerprint density at radius 2 is 2.25 bits per heavy atom. The van der Waals surface area contributed by atoms with Gasteiger partial charge < -0.3 is 11.1 Å². The van der Waals surface area contributed by atoms with Crippen molar-refractivity contribution in [3.8, 4) is 0 Å². The van der Waals surface area contributed by atoms with Crippen LogP contribution in [0.1, 0.15) is 33.4 Å². The summed E-state index contributed by atoms with van der Waals surface area (Å²) >= 11 is 6.04. The number of aromatic nitrogens is 2. The molecule has 0 fully saturated rings. The number of thiocarbonyl (C=S) groups is 1. The van der Waals surface area contributed by atoms with Crippen LogP contribution in [0.4, 0.5) is 5.69 Å². The van der Waals surface area contributed by atoms with Gasteiger partial charge in [-0.2, -0.15) is 0 Å². The number of anilines is 1. The molecule has 0 saturated carbocycles. The molecule has 0 atom stereocenters. The molecule has 2 aromatic rings. The summed E-state index contributed by atoms with van der Waals surface area (Å²) in [5.74, 6) is -0.208.